The van der Waals surface area contributed by atoms with Crippen molar-refractivity contribution in [1.29, 1.82) is 0 Å². The van der Waals surface area contributed by atoms with Crippen molar-refractivity contribution < 1.29 is 17.6 Å². The molecule has 0 aliphatic rings. The van der Waals surface area contributed by atoms with Crippen molar-refractivity contribution in [3.8, 4) is 0 Å². The van der Waals surface area contributed by atoms with Gasteiger partial charge in [0.25, 0.3) is 0 Å². The average Bonchev–Trinajstić information content (AvgIpc) is 2.35. The smallest absolute Gasteiger partial charge is 0.412 e. The van der Waals surface area contributed by atoms with Crippen molar-refractivity contribution >= 4 is 19.9 Å². The Morgan fingerprint density at radius 1 is 1.29 bits per heavy atom. The molecule has 1 aromatic rings. The highest BCUT2D eigenvalue weighted by atomic mass is 35.5. The second-order valence-corrected chi connectivity index (χ2v) is 10.6. The minimum Gasteiger partial charge on any atom is -0.412 e. The van der Waals surface area contributed by atoms with Gasteiger partial charge in [0, 0.05) is 19.0 Å². The van der Waals surface area contributed by atoms with E-state index >= 15 is 0 Å². The van der Waals surface area contributed by atoms with Crippen LogP contribution in [0.25, 0.3) is 0 Å². The third-order valence-electron chi connectivity index (χ3n) is 2.65. The van der Waals surface area contributed by atoms with Gasteiger partial charge in [-0.25, -0.2) is 0 Å². The summed E-state index contributed by atoms with van der Waals surface area (Å²) >= 11 is 5.85. The fourth-order valence-corrected chi connectivity index (χ4v) is 3.31. The van der Waals surface area contributed by atoms with Gasteiger partial charge in [0.05, 0.1) is 11.7 Å². The van der Waals surface area contributed by atoms with Crippen LogP contribution < -0.4 is 5.32 Å². The minimum absolute atomic E-state index is 0.121. The van der Waals surface area contributed by atoms with Crippen LogP contribution in [0.15, 0.2) is 24.3 Å². The Balaban J connectivity index is 2.52. The molecule has 0 aromatic heterocycles. The van der Waals surface area contributed by atoms with Gasteiger partial charge < -0.3 is 9.74 Å². The summed E-state index contributed by atoms with van der Waals surface area (Å²) in [6.45, 7) is 7.08. The van der Waals surface area contributed by atoms with E-state index in [-0.39, 0.29) is 6.10 Å². The summed E-state index contributed by atoms with van der Waals surface area (Å²) in [6.07, 6.45) is -4.43. The summed E-state index contributed by atoms with van der Waals surface area (Å²) in [7, 11) is -1.68. The van der Waals surface area contributed by atoms with E-state index in [0.717, 1.165) is 12.1 Å². The predicted molar refractivity (Wildman–Crippen MR) is 82.1 cm³/mol. The van der Waals surface area contributed by atoms with E-state index in [1.807, 2.05) is 0 Å². The largest absolute Gasteiger partial charge is 0.416 e. The van der Waals surface area contributed by atoms with Crippen LogP contribution in [0.4, 0.5) is 13.2 Å². The van der Waals surface area contributed by atoms with Crippen molar-refractivity contribution in [2.75, 3.05) is 12.4 Å². The van der Waals surface area contributed by atoms with Crippen LogP contribution in [0.5, 0.6) is 0 Å². The third-order valence-corrected chi connectivity index (χ3v) is 4.03. The normalized spacial score (nSPS) is 14.2. The molecule has 1 atom stereocenters. The highest BCUT2D eigenvalue weighted by Crippen LogP contribution is 2.29. The zero-order valence-electron chi connectivity index (χ0n) is 12.4. The molecule has 0 fully saturated rings. The predicted octanol–water partition coefficient (Wildman–Crippen LogP) is 4.25. The minimum atomic E-state index is -4.31. The molecule has 1 unspecified atom stereocenters. The molecule has 1 rings (SSSR count). The van der Waals surface area contributed by atoms with Crippen LogP contribution in [0.1, 0.15) is 11.1 Å². The molecule has 21 heavy (non-hydrogen) atoms. The van der Waals surface area contributed by atoms with Gasteiger partial charge in [0.15, 0.2) is 8.32 Å². The van der Waals surface area contributed by atoms with E-state index < -0.39 is 20.1 Å². The molecule has 120 valence electrons. The number of hydrogen-bond acceptors (Lipinski definition) is 2. The topological polar surface area (TPSA) is 21.3 Å². The summed E-state index contributed by atoms with van der Waals surface area (Å²) in [4.78, 5) is 0. The molecule has 0 spiro atoms. The maximum atomic E-state index is 12.6. The first-order valence-corrected chi connectivity index (χ1v) is 10.7. The Morgan fingerprint density at radius 3 is 2.48 bits per heavy atom. The summed E-state index contributed by atoms with van der Waals surface area (Å²) < 4.78 is 43.7. The molecular formula is C14H21ClF3NOSi. The van der Waals surface area contributed by atoms with Crippen molar-refractivity contribution in [1.82, 2.24) is 5.32 Å². The van der Waals surface area contributed by atoms with Crippen molar-refractivity contribution in [2.45, 2.75) is 38.5 Å². The van der Waals surface area contributed by atoms with E-state index in [4.69, 9.17) is 16.0 Å². The van der Waals surface area contributed by atoms with Gasteiger partial charge in [-0.1, -0.05) is 18.2 Å². The second kappa shape index (κ2) is 7.62. The van der Waals surface area contributed by atoms with E-state index in [1.165, 1.54) is 6.07 Å². The number of benzene rings is 1. The van der Waals surface area contributed by atoms with Gasteiger partial charge in [-0.05, 0) is 31.3 Å². The fraction of sp³-hybridized carbons (Fsp3) is 0.571. The number of halogens is 4. The van der Waals surface area contributed by atoms with Crippen LogP contribution in [-0.4, -0.2) is 26.8 Å². The molecule has 0 amide bonds. The summed E-state index contributed by atoms with van der Waals surface area (Å²) in [6, 6.07) is 5.30. The van der Waals surface area contributed by atoms with Crippen LogP contribution >= 0.6 is 11.6 Å². The quantitative estimate of drug-likeness (QED) is 0.592. The average molecular weight is 340 g/mol. The Bertz CT molecular complexity index is 449. The highest BCUT2D eigenvalue weighted by Gasteiger charge is 2.30. The summed E-state index contributed by atoms with van der Waals surface area (Å²) in [5.74, 6) is 0.361. The summed E-state index contributed by atoms with van der Waals surface area (Å²) in [5.41, 5.74) is -0.0415. The van der Waals surface area contributed by atoms with E-state index in [9.17, 15) is 13.2 Å². The van der Waals surface area contributed by atoms with Crippen LogP contribution in [0.2, 0.25) is 19.6 Å². The Hall–Kier alpha value is -0.563. The maximum Gasteiger partial charge on any atom is 0.416 e. The van der Waals surface area contributed by atoms with Gasteiger partial charge in [0.1, 0.15) is 0 Å². The molecule has 0 heterocycles. The van der Waals surface area contributed by atoms with Gasteiger partial charge in [-0.2, -0.15) is 13.2 Å². The fourth-order valence-electron chi connectivity index (χ4n) is 1.86. The lowest BCUT2D eigenvalue weighted by Gasteiger charge is -2.25. The molecular weight excluding hydrogens is 319 g/mol. The monoisotopic (exact) mass is 339 g/mol. The first kappa shape index (κ1) is 18.5. The van der Waals surface area contributed by atoms with Crippen molar-refractivity contribution in [2.24, 2.45) is 0 Å². The van der Waals surface area contributed by atoms with E-state index in [1.54, 1.807) is 6.07 Å². The second-order valence-electron chi connectivity index (χ2n) is 5.84. The van der Waals surface area contributed by atoms with Gasteiger partial charge in [-0.15, -0.1) is 11.6 Å². The Kier molecular flexibility index (Phi) is 6.71. The van der Waals surface area contributed by atoms with Crippen LogP contribution in [-0.2, 0) is 17.1 Å². The number of rotatable bonds is 7. The van der Waals surface area contributed by atoms with E-state index in [0.29, 0.717) is 24.5 Å². The van der Waals surface area contributed by atoms with Crippen molar-refractivity contribution in [3.05, 3.63) is 35.4 Å². The lowest BCUT2D eigenvalue weighted by Crippen LogP contribution is -2.39. The number of nitrogens with one attached hydrogen (secondary N) is 1. The molecule has 0 saturated carbocycles. The van der Waals surface area contributed by atoms with Gasteiger partial charge in [0.2, 0.25) is 0 Å². The maximum absolute atomic E-state index is 12.6. The molecule has 1 N–H and O–H groups in total. The molecule has 0 saturated heterocycles. The van der Waals surface area contributed by atoms with Crippen LogP contribution in [0, 0.1) is 0 Å². The summed E-state index contributed by atoms with van der Waals surface area (Å²) in [5, 5.41) is 3.10. The van der Waals surface area contributed by atoms with E-state index in [2.05, 4.69) is 25.0 Å². The molecule has 1 aromatic carbocycles. The number of hydrogen-bond donors (Lipinski definition) is 1. The van der Waals surface area contributed by atoms with Crippen LogP contribution in [0.3, 0.4) is 0 Å². The molecule has 0 bridgehead atoms. The van der Waals surface area contributed by atoms with Gasteiger partial charge in [-0.3, -0.25) is 0 Å². The molecule has 7 heteroatoms. The lowest BCUT2D eigenvalue weighted by atomic mass is 10.1. The molecule has 0 radical (unpaired) electrons. The highest BCUT2D eigenvalue weighted by molar-refractivity contribution is 6.69. The van der Waals surface area contributed by atoms with Crippen molar-refractivity contribution in [3.63, 3.8) is 0 Å². The zero-order valence-corrected chi connectivity index (χ0v) is 14.2. The standard InChI is InChI=1S/C14H21ClF3NOSi/c1-21(2,3)20-13(8-15)10-19-9-11-5-4-6-12(7-11)14(16,17)18/h4-7,13,19H,8-10H2,1-3H3. The first-order chi connectivity index (χ1) is 9.62. The SMILES string of the molecule is C[Si](C)(C)OC(CCl)CNCc1cccc(C(F)(F)F)c1. The lowest BCUT2D eigenvalue weighted by molar-refractivity contribution is -0.137. The zero-order chi connectivity index (χ0) is 16.1. The molecule has 2 nitrogen and oxygen atoms in total. The Morgan fingerprint density at radius 2 is 1.95 bits per heavy atom. The first-order valence-electron chi connectivity index (χ1n) is 6.72. The number of alkyl halides is 4. The third kappa shape index (κ3) is 7.31. The molecule has 0 aliphatic carbocycles. The Labute approximate surface area is 129 Å². The van der Waals surface area contributed by atoms with Gasteiger partial charge >= 0.3 is 6.18 Å². The molecule has 0 aliphatic heterocycles.